The van der Waals surface area contributed by atoms with Crippen LogP contribution in [0.4, 0.5) is 5.95 Å². The fourth-order valence-electron chi connectivity index (χ4n) is 3.31. The molecule has 2 aliphatic rings. The highest BCUT2D eigenvalue weighted by atomic mass is 127. The fourth-order valence-corrected chi connectivity index (χ4v) is 3.31. The maximum Gasteiger partial charge on any atom is 0.225 e. The molecule has 2 aliphatic heterocycles. The van der Waals surface area contributed by atoms with Gasteiger partial charge in [0.1, 0.15) is 0 Å². The first kappa shape index (κ1) is 20.7. The van der Waals surface area contributed by atoms with E-state index in [0.717, 1.165) is 51.2 Å². The lowest BCUT2D eigenvalue weighted by Gasteiger charge is -2.34. The van der Waals surface area contributed by atoms with Crippen molar-refractivity contribution in [3.05, 3.63) is 18.5 Å². The van der Waals surface area contributed by atoms with Crippen molar-refractivity contribution in [3.8, 4) is 0 Å². The van der Waals surface area contributed by atoms with Crippen LogP contribution in [-0.2, 0) is 4.79 Å². The zero-order valence-electron chi connectivity index (χ0n) is 15.3. The predicted octanol–water partition coefficient (Wildman–Crippen LogP) is 0.805. The van der Waals surface area contributed by atoms with Gasteiger partial charge < -0.3 is 20.0 Å². The minimum absolute atomic E-state index is 0. The zero-order valence-corrected chi connectivity index (χ0v) is 17.6. The van der Waals surface area contributed by atoms with Gasteiger partial charge in [0.2, 0.25) is 11.9 Å². The van der Waals surface area contributed by atoms with Crippen LogP contribution < -0.4 is 10.2 Å². The first-order valence-electron chi connectivity index (χ1n) is 9.03. The van der Waals surface area contributed by atoms with Crippen LogP contribution in [0.3, 0.4) is 0 Å². The van der Waals surface area contributed by atoms with E-state index in [1.165, 1.54) is 12.8 Å². The third-order valence-electron chi connectivity index (χ3n) is 4.71. The predicted molar refractivity (Wildman–Crippen MR) is 113 cm³/mol. The second kappa shape index (κ2) is 10.5. The maximum absolute atomic E-state index is 12.4. The minimum atomic E-state index is 0. The second-order valence-corrected chi connectivity index (χ2v) is 6.33. The van der Waals surface area contributed by atoms with Crippen molar-refractivity contribution < 1.29 is 4.79 Å². The van der Waals surface area contributed by atoms with E-state index in [4.69, 9.17) is 0 Å². The number of nitrogens with one attached hydrogen (secondary N) is 1. The van der Waals surface area contributed by atoms with Gasteiger partial charge in [-0.15, -0.1) is 24.0 Å². The first-order chi connectivity index (χ1) is 12.3. The van der Waals surface area contributed by atoms with Gasteiger partial charge >= 0.3 is 0 Å². The number of piperazine rings is 1. The summed E-state index contributed by atoms with van der Waals surface area (Å²) < 4.78 is 0. The standard InChI is InChI=1S/C17H27N7O.HI/c1-18-16(23-9-2-3-10-23)21-8-5-15(25)22-11-13-24(14-12-22)17-19-6-4-7-20-17;/h4,6-7H,2-3,5,8-14H2,1H3,(H,18,21);1H. The molecule has 8 nitrogen and oxygen atoms in total. The summed E-state index contributed by atoms with van der Waals surface area (Å²) in [6, 6.07) is 1.81. The number of hydrogen-bond donors (Lipinski definition) is 1. The number of aromatic nitrogens is 2. The van der Waals surface area contributed by atoms with Crippen molar-refractivity contribution in [1.82, 2.24) is 25.1 Å². The Morgan fingerprint density at radius 3 is 2.35 bits per heavy atom. The third kappa shape index (κ3) is 5.42. The summed E-state index contributed by atoms with van der Waals surface area (Å²) in [7, 11) is 1.80. The molecule has 26 heavy (non-hydrogen) atoms. The number of anilines is 1. The molecule has 1 amide bonds. The van der Waals surface area contributed by atoms with E-state index in [2.05, 4.69) is 30.1 Å². The van der Waals surface area contributed by atoms with E-state index in [1.54, 1.807) is 19.4 Å². The molecule has 3 rings (SSSR count). The van der Waals surface area contributed by atoms with Gasteiger partial charge in [0, 0.05) is 71.7 Å². The zero-order chi connectivity index (χ0) is 17.5. The smallest absolute Gasteiger partial charge is 0.225 e. The summed E-state index contributed by atoms with van der Waals surface area (Å²) in [6.45, 7) is 5.73. The average Bonchev–Trinajstić information content (AvgIpc) is 3.20. The van der Waals surface area contributed by atoms with Crippen LogP contribution in [0.25, 0.3) is 0 Å². The lowest BCUT2D eigenvalue weighted by atomic mass is 10.3. The van der Waals surface area contributed by atoms with Gasteiger partial charge in [-0.1, -0.05) is 0 Å². The molecule has 0 spiro atoms. The van der Waals surface area contributed by atoms with E-state index in [-0.39, 0.29) is 29.9 Å². The molecule has 1 aromatic heterocycles. The van der Waals surface area contributed by atoms with E-state index in [1.807, 2.05) is 11.0 Å². The molecular formula is C17H28IN7O. The van der Waals surface area contributed by atoms with Crippen LogP contribution in [0.1, 0.15) is 19.3 Å². The quantitative estimate of drug-likeness (QED) is 0.396. The number of likely N-dealkylation sites (tertiary alicyclic amines) is 1. The summed E-state index contributed by atoms with van der Waals surface area (Å²) in [5.41, 5.74) is 0. The number of aliphatic imine (C=N–C) groups is 1. The van der Waals surface area contributed by atoms with Gasteiger partial charge in [0.15, 0.2) is 5.96 Å². The Hall–Kier alpha value is -1.65. The van der Waals surface area contributed by atoms with Crippen LogP contribution in [-0.4, -0.2) is 84.5 Å². The average molecular weight is 473 g/mol. The Kier molecular flexibility index (Phi) is 8.33. The van der Waals surface area contributed by atoms with E-state index in [9.17, 15) is 4.79 Å². The Bertz CT molecular complexity index is 584. The summed E-state index contributed by atoms with van der Waals surface area (Å²) in [5, 5.41) is 3.31. The lowest BCUT2D eigenvalue weighted by molar-refractivity contribution is -0.131. The van der Waals surface area contributed by atoms with Crippen molar-refractivity contribution >= 4 is 41.8 Å². The molecule has 144 valence electrons. The SMILES string of the molecule is CN=C(NCCC(=O)N1CCN(c2ncccn2)CC1)N1CCCC1.I. The van der Waals surface area contributed by atoms with Crippen LogP contribution in [0.5, 0.6) is 0 Å². The highest BCUT2D eigenvalue weighted by Gasteiger charge is 2.22. The third-order valence-corrected chi connectivity index (χ3v) is 4.71. The summed E-state index contributed by atoms with van der Waals surface area (Å²) >= 11 is 0. The summed E-state index contributed by atoms with van der Waals surface area (Å²) in [6.07, 6.45) is 6.43. The van der Waals surface area contributed by atoms with Gasteiger partial charge in [-0.2, -0.15) is 0 Å². The molecule has 0 radical (unpaired) electrons. The molecule has 1 N–H and O–H groups in total. The van der Waals surface area contributed by atoms with Gasteiger partial charge in [-0.25, -0.2) is 9.97 Å². The first-order valence-corrected chi connectivity index (χ1v) is 9.03. The number of amides is 1. The van der Waals surface area contributed by atoms with Crippen LogP contribution >= 0.6 is 24.0 Å². The number of rotatable bonds is 4. The monoisotopic (exact) mass is 473 g/mol. The van der Waals surface area contributed by atoms with Crippen LogP contribution in [0.2, 0.25) is 0 Å². The Morgan fingerprint density at radius 1 is 1.08 bits per heavy atom. The van der Waals surface area contributed by atoms with E-state index in [0.29, 0.717) is 13.0 Å². The summed E-state index contributed by atoms with van der Waals surface area (Å²) in [5.74, 6) is 1.85. The van der Waals surface area contributed by atoms with Crippen molar-refractivity contribution in [2.75, 3.05) is 57.8 Å². The van der Waals surface area contributed by atoms with Gasteiger partial charge in [0.25, 0.3) is 0 Å². The molecule has 0 bridgehead atoms. The van der Waals surface area contributed by atoms with Crippen LogP contribution in [0, 0.1) is 0 Å². The molecule has 0 atom stereocenters. The molecule has 3 heterocycles. The van der Waals surface area contributed by atoms with Gasteiger partial charge in [0.05, 0.1) is 0 Å². The molecule has 0 unspecified atom stereocenters. The topological polar surface area (TPSA) is 77.0 Å². The molecule has 0 saturated carbocycles. The molecule has 2 fully saturated rings. The second-order valence-electron chi connectivity index (χ2n) is 6.33. The number of halogens is 1. The molecule has 0 aliphatic carbocycles. The molecule has 0 aromatic carbocycles. The molecule has 2 saturated heterocycles. The van der Waals surface area contributed by atoms with Crippen molar-refractivity contribution in [2.24, 2.45) is 4.99 Å². The normalized spacial score (nSPS) is 17.9. The van der Waals surface area contributed by atoms with Crippen LogP contribution in [0.15, 0.2) is 23.5 Å². The Labute approximate surface area is 172 Å². The largest absolute Gasteiger partial charge is 0.356 e. The number of nitrogens with zero attached hydrogens (tertiary/aromatic N) is 6. The number of guanidine groups is 1. The van der Waals surface area contributed by atoms with Gasteiger partial charge in [-0.3, -0.25) is 9.79 Å². The van der Waals surface area contributed by atoms with Crippen molar-refractivity contribution in [1.29, 1.82) is 0 Å². The Morgan fingerprint density at radius 2 is 1.73 bits per heavy atom. The molecular weight excluding hydrogens is 445 g/mol. The van der Waals surface area contributed by atoms with Gasteiger partial charge in [-0.05, 0) is 18.9 Å². The Balaban J connectivity index is 0.00000243. The number of carbonyl (C=O) groups is 1. The molecule has 1 aromatic rings. The van der Waals surface area contributed by atoms with Crippen molar-refractivity contribution in [3.63, 3.8) is 0 Å². The van der Waals surface area contributed by atoms with Crippen molar-refractivity contribution in [2.45, 2.75) is 19.3 Å². The maximum atomic E-state index is 12.4. The number of carbonyl (C=O) groups excluding carboxylic acids is 1. The highest BCUT2D eigenvalue weighted by molar-refractivity contribution is 14.0. The molecule has 9 heteroatoms. The van der Waals surface area contributed by atoms with E-state index >= 15 is 0 Å². The fraction of sp³-hybridized carbons (Fsp3) is 0.647. The minimum Gasteiger partial charge on any atom is -0.356 e. The lowest BCUT2D eigenvalue weighted by Crippen LogP contribution is -2.50. The summed E-state index contributed by atoms with van der Waals surface area (Å²) in [4.78, 5) is 31.6. The number of hydrogen-bond acceptors (Lipinski definition) is 5. The highest BCUT2D eigenvalue weighted by Crippen LogP contribution is 2.10. The van der Waals surface area contributed by atoms with E-state index < -0.39 is 0 Å².